The molecule has 4 heterocycles. The van der Waals surface area contributed by atoms with Gasteiger partial charge in [-0.25, -0.2) is 24.3 Å². The lowest BCUT2D eigenvalue weighted by Crippen LogP contribution is -1.90. The van der Waals surface area contributed by atoms with Crippen LogP contribution in [0.15, 0.2) is 49.2 Å². The Morgan fingerprint density at radius 2 is 1.88 bits per heavy atom. The van der Waals surface area contributed by atoms with Gasteiger partial charge in [0.15, 0.2) is 11.5 Å². The summed E-state index contributed by atoms with van der Waals surface area (Å²) in [5.41, 5.74) is 3.32. The molecule has 5 aromatic rings. The Kier molecular flexibility index (Phi) is 2.84. The van der Waals surface area contributed by atoms with Crippen molar-refractivity contribution in [3.63, 3.8) is 0 Å². The molecule has 0 aliphatic heterocycles. The summed E-state index contributed by atoms with van der Waals surface area (Å²) in [4.78, 5) is 19.6. The first kappa shape index (κ1) is 13.7. The van der Waals surface area contributed by atoms with E-state index in [-0.39, 0.29) is 0 Å². The van der Waals surface area contributed by atoms with E-state index in [0.717, 1.165) is 5.52 Å². The number of imidazole rings is 1. The third-order valence-electron chi connectivity index (χ3n) is 4.02. The van der Waals surface area contributed by atoms with Gasteiger partial charge in [-0.2, -0.15) is 5.10 Å². The summed E-state index contributed by atoms with van der Waals surface area (Å²) in [6, 6.07) is 7.12. The molecule has 0 fully saturated rings. The molecule has 0 radical (unpaired) electrons. The first-order valence-electron chi connectivity index (χ1n) is 7.54. The smallest absolute Gasteiger partial charge is 0.178 e. The molecule has 120 valence electrons. The van der Waals surface area contributed by atoms with E-state index in [9.17, 15) is 0 Å². The summed E-state index contributed by atoms with van der Waals surface area (Å²) in [5.74, 6) is 0.0600. The number of halogens is 1. The topological polar surface area (TPSA) is 96.0 Å². The summed E-state index contributed by atoms with van der Waals surface area (Å²) in [7, 11) is 0. The number of fused-ring (bicyclic) bond motifs is 2. The molecule has 5 rings (SSSR count). The molecule has 0 aliphatic carbocycles. The van der Waals surface area contributed by atoms with Gasteiger partial charge in [0.1, 0.15) is 17.8 Å². The quantitative estimate of drug-likeness (QED) is 0.518. The van der Waals surface area contributed by atoms with E-state index in [1.165, 1.54) is 6.33 Å². The van der Waals surface area contributed by atoms with E-state index in [2.05, 4.69) is 35.1 Å². The van der Waals surface area contributed by atoms with E-state index >= 15 is 4.39 Å². The Balaban J connectivity index is 1.77. The lowest BCUT2D eigenvalue weighted by molar-refractivity contribution is 0.643. The molecule has 0 saturated heterocycles. The molecule has 0 amide bonds. The Hall–Kier alpha value is -3.68. The number of nitrogens with one attached hydrogen (secondary N) is 2. The molecule has 0 atom stereocenters. The maximum atomic E-state index is 15.2. The number of aromatic nitrogens is 7. The monoisotopic (exact) mass is 331 g/mol. The van der Waals surface area contributed by atoms with Crippen LogP contribution in [0.2, 0.25) is 0 Å². The zero-order valence-electron chi connectivity index (χ0n) is 12.7. The van der Waals surface area contributed by atoms with Crippen LogP contribution in [0.5, 0.6) is 0 Å². The third-order valence-corrected chi connectivity index (χ3v) is 4.02. The molecular weight excluding hydrogens is 321 g/mol. The molecule has 7 nitrogen and oxygen atoms in total. The minimum absolute atomic E-state index is 0.361. The largest absolute Gasteiger partial charge is 0.335 e. The van der Waals surface area contributed by atoms with Gasteiger partial charge in [0, 0.05) is 29.7 Å². The summed E-state index contributed by atoms with van der Waals surface area (Å²) >= 11 is 0. The van der Waals surface area contributed by atoms with Gasteiger partial charge in [-0.1, -0.05) is 0 Å². The van der Waals surface area contributed by atoms with E-state index in [1.54, 1.807) is 36.8 Å². The standard InChI is InChI=1S/C17H10FN7/c18-14-10(9-6-19-8-20-7-9)3-4-11-13(14)15(25-24-11)17-22-12-2-1-5-21-16(12)23-17/h1-8H,(H,24,25)(H,21,22,23). The number of pyridine rings is 1. The van der Waals surface area contributed by atoms with E-state index in [0.29, 0.717) is 39.2 Å². The minimum atomic E-state index is -0.399. The van der Waals surface area contributed by atoms with Gasteiger partial charge in [-0.3, -0.25) is 5.10 Å². The molecule has 1 aromatic carbocycles. The van der Waals surface area contributed by atoms with Crippen molar-refractivity contribution >= 4 is 22.1 Å². The molecule has 0 bridgehead atoms. The molecule has 0 unspecified atom stereocenters. The van der Waals surface area contributed by atoms with E-state index in [4.69, 9.17) is 0 Å². The van der Waals surface area contributed by atoms with Gasteiger partial charge in [-0.05, 0) is 24.3 Å². The molecule has 0 spiro atoms. The zero-order chi connectivity index (χ0) is 16.8. The van der Waals surface area contributed by atoms with Gasteiger partial charge in [-0.15, -0.1) is 0 Å². The fourth-order valence-corrected chi connectivity index (χ4v) is 2.86. The second kappa shape index (κ2) is 5.17. The predicted molar refractivity (Wildman–Crippen MR) is 90.0 cm³/mol. The van der Waals surface area contributed by atoms with Crippen LogP contribution >= 0.6 is 0 Å². The van der Waals surface area contributed by atoms with Crippen molar-refractivity contribution in [1.29, 1.82) is 0 Å². The minimum Gasteiger partial charge on any atom is -0.335 e. The Morgan fingerprint density at radius 1 is 1.00 bits per heavy atom. The lowest BCUT2D eigenvalue weighted by Gasteiger charge is -2.04. The van der Waals surface area contributed by atoms with Gasteiger partial charge in [0.05, 0.1) is 16.4 Å². The summed E-state index contributed by atoms with van der Waals surface area (Å²) < 4.78 is 15.2. The fraction of sp³-hybridized carbons (Fsp3) is 0. The van der Waals surface area contributed by atoms with Crippen molar-refractivity contribution in [2.45, 2.75) is 0 Å². The lowest BCUT2D eigenvalue weighted by atomic mass is 10.0. The highest BCUT2D eigenvalue weighted by molar-refractivity contribution is 5.96. The van der Waals surface area contributed by atoms with Crippen LogP contribution in [-0.4, -0.2) is 35.1 Å². The normalized spacial score (nSPS) is 11.4. The fourth-order valence-electron chi connectivity index (χ4n) is 2.86. The SMILES string of the molecule is Fc1c(-c2cncnc2)ccc2[nH]nc(-c3nc4ncccc4[nH]3)c12. The maximum absolute atomic E-state index is 15.2. The first-order valence-corrected chi connectivity index (χ1v) is 7.54. The van der Waals surface area contributed by atoms with E-state index in [1.807, 2.05) is 6.07 Å². The second-order valence-electron chi connectivity index (χ2n) is 5.51. The average Bonchev–Trinajstić information content (AvgIpc) is 3.27. The summed E-state index contributed by atoms with van der Waals surface area (Å²) in [5, 5.41) is 7.45. The first-order chi connectivity index (χ1) is 12.3. The van der Waals surface area contributed by atoms with Crippen LogP contribution < -0.4 is 0 Å². The van der Waals surface area contributed by atoms with Gasteiger partial charge in [0.25, 0.3) is 0 Å². The zero-order valence-corrected chi connectivity index (χ0v) is 12.7. The summed E-state index contributed by atoms with van der Waals surface area (Å²) in [6.07, 6.45) is 6.21. The van der Waals surface area contributed by atoms with Gasteiger partial charge in [0.2, 0.25) is 0 Å². The van der Waals surface area contributed by atoms with Crippen molar-refractivity contribution in [1.82, 2.24) is 35.1 Å². The number of H-pyrrole nitrogens is 2. The number of hydrogen-bond donors (Lipinski definition) is 2. The van der Waals surface area contributed by atoms with Crippen molar-refractivity contribution in [2.75, 3.05) is 0 Å². The Bertz CT molecular complexity index is 1180. The van der Waals surface area contributed by atoms with Crippen LogP contribution in [0.4, 0.5) is 4.39 Å². The number of rotatable bonds is 2. The van der Waals surface area contributed by atoms with Crippen molar-refractivity contribution in [2.24, 2.45) is 0 Å². The van der Waals surface area contributed by atoms with Crippen LogP contribution in [-0.2, 0) is 0 Å². The van der Waals surface area contributed by atoms with Gasteiger partial charge < -0.3 is 4.98 Å². The van der Waals surface area contributed by atoms with Crippen LogP contribution in [0.25, 0.3) is 44.7 Å². The predicted octanol–water partition coefficient (Wildman–Crippen LogP) is 3.10. The molecule has 0 aliphatic rings. The third kappa shape index (κ3) is 2.08. The maximum Gasteiger partial charge on any atom is 0.178 e. The highest BCUT2D eigenvalue weighted by Crippen LogP contribution is 2.33. The Labute approximate surface area is 140 Å². The van der Waals surface area contributed by atoms with Gasteiger partial charge >= 0.3 is 0 Å². The number of nitrogens with zero attached hydrogens (tertiary/aromatic N) is 5. The molecular formula is C17H10FN7. The van der Waals surface area contributed by atoms with Crippen LogP contribution in [0.3, 0.4) is 0 Å². The van der Waals surface area contributed by atoms with Crippen LogP contribution in [0, 0.1) is 5.82 Å². The number of benzene rings is 1. The van der Waals surface area contributed by atoms with Crippen LogP contribution in [0.1, 0.15) is 0 Å². The highest BCUT2D eigenvalue weighted by atomic mass is 19.1. The molecule has 8 heteroatoms. The van der Waals surface area contributed by atoms with Crippen molar-refractivity contribution < 1.29 is 4.39 Å². The van der Waals surface area contributed by atoms with Crippen molar-refractivity contribution in [3.8, 4) is 22.6 Å². The molecule has 25 heavy (non-hydrogen) atoms. The highest BCUT2D eigenvalue weighted by Gasteiger charge is 2.19. The second-order valence-corrected chi connectivity index (χ2v) is 5.51. The van der Waals surface area contributed by atoms with E-state index < -0.39 is 5.82 Å². The molecule has 0 saturated carbocycles. The number of aromatic amines is 2. The summed E-state index contributed by atoms with van der Waals surface area (Å²) in [6.45, 7) is 0. The average molecular weight is 331 g/mol. The molecule has 2 N–H and O–H groups in total. The van der Waals surface area contributed by atoms with Crippen molar-refractivity contribution in [3.05, 3.63) is 55.0 Å². The number of hydrogen-bond acceptors (Lipinski definition) is 5. The Morgan fingerprint density at radius 3 is 2.72 bits per heavy atom. The molecule has 4 aromatic heterocycles.